The van der Waals surface area contributed by atoms with Crippen LogP contribution in [0.1, 0.15) is 25.0 Å². The summed E-state index contributed by atoms with van der Waals surface area (Å²) in [5.41, 5.74) is 14.4. The largest absolute Gasteiger partial charge is 0.456 e. The van der Waals surface area contributed by atoms with Crippen LogP contribution in [0.4, 0.5) is 0 Å². The number of furan rings is 1. The average Bonchev–Trinajstić information content (AvgIpc) is 3.73. The Morgan fingerprint density at radius 2 is 0.893 bits per heavy atom. The van der Waals surface area contributed by atoms with Crippen molar-refractivity contribution in [3.8, 4) is 44.5 Å². The average molecular weight is 713 g/mol. The fourth-order valence-electron chi connectivity index (χ4n) is 10.2. The summed E-state index contributed by atoms with van der Waals surface area (Å²) in [6, 6.07) is 67.0. The maximum Gasteiger partial charge on any atom is 0.140 e. The van der Waals surface area contributed by atoms with Gasteiger partial charge in [-0.15, -0.1) is 0 Å². The third-order valence-electron chi connectivity index (χ3n) is 12.6. The van der Waals surface area contributed by atoms with Gasteiger partial charge in [-0.3, -0.25) is 0 Å². The van der Waals surface area contributed by atoms with Gasteiger partial charge in [-0.1, -0.05) is 172 Å². The molecule has 0 bridgehead atoms. The van der Waals surface area contributed by atoms with E-state index in [1.54, 1.807) is 0 Å². The van der Waals surface area contributed by atoms with E-state index in [0.29, 0.717) is 0 Å². The minimum absolute atomic E-state index is 0.204. The summed E-state index contributed by atoms with van der Waals surface area (Å²) < 4.78 is 6.83. The van der Waals surface area contributed by atoms with Crippen molar-refractivity contribution in [2.75, 3.05) is 0 Å². The molecular weight excluding hydrogens is 677 g/mol. The van der Waals surface area contributed by atoms with Crippen LogP contribution < -0.4 is 0 Å². The highest BCUT2D eigenvalue weighted by atomic mass is 16.3. The highest BCUT2D eigenvalue weighted by molar-refractivity contribution is 6.23. The molecule has 262 valence electrons. The van der Waals surface area contributed by atoms with Gasteiger partial charge >= 0.3 is 0 Å². The quantitative estimate of drug-likeness (QED) is 0.166. The molecule has 0 aliphatic heterocycles. The minimum atomic E-state index is -0.204. The Morgan fingerprint density at radius 1 is 0.339 bits per heavy atom. The van der Waals surface area contributed by atoms with Crippen molar-refractivity contribution in [1.29, 1.82) is 0 Å². The Labute approximate surface area is 325 Å². The molecule has 1 nitrogen and oxygen atoms in total. The molecule has 0 atom stereocenters. The number of hydrogen-bond donors (Lipinski definition) is 0. The Kier molecular flexibility index (Phi) is 6.46. The number of fused-ring (bicyclic) bond motifs is 12. The van der Waals surface area contributed by atoms with Gasteiger partial charge in [-0.05, 0) is 117 Å². The molecular formula is C55H36O. The Bertz CT molecular complexity index is 3390. The second kappa shape index (κ2) is 11.5. The smallest absolute Gasteiger partial charge is 0.140 e. The summed E-state index contributed by atoms with van der Waals surface area (Å²) in [6.07, 6.45) is 0. The summed E-state index contributed by atoms with van der Waals surface area (Å²) in [7, 11) is 0. The van der Waals surface area contributed by atoms with Gasteiger partial charge in [0.25, 0.3) is 0 Å². The highest BCUT2D eigenvalue weighted by Crippen LogP contribution is 2.55. The van der Waals surface area contributed by atoms with Crippen molar-refractivity contribution < 1.29 is 4.42 Å². The molecule has 1 aromatic heterocycles. The van der Waals surface area contributed by atoms with Gasteiger partial charge in [0.05, 0.1) is 0 Å². The Balaban J connectivity index is 1.03. The van der Waals surface area contributed by atoms with Crippen LogP contribution in [0.2, 0.25) is 0 Å². The van der Waals surface area contributed by atoms with Gasteiger partial charge in [0.15, 0.2) is 0 Å². The lowest BCUT2D eigenvalue weighted by Gasteiger charge is -2.23. The molecule has 10 aromatic carbocycles. The summed E-state index contributed by atoms with van der Waals surface area (Å²) in [6.45, 7) is 4.71. The zero-order valence-electron chi connectivity index (χ0n) is 31.2. The van der Waals surface area contributed by atoms with Crippen molar-refractivity contribution in [2.45, 2.75) is 19.3 Å². The number of benzene rings is 10. The van der Waals surface area contributed by atoms with Crippen LogP contribution in [0.5, 0.6) is 0 Å². The van der Waals surface area contributed by atoms with Crippen LogP contribution in [0.3, 0.4) is 0 Å². The lowest BCUT2D eigenvalue weighted by Crippen LogP contribution is -2.15. The molecule has 1 aliphatic rings. The van der Waals surface area contributed by atoms with Gasteiger partial charge in [0.1, 0.15) is 11.2 Å². The zero-order valence-corrected chi connectivity index (χ0v) is 31.2. The third-order valence-corrected chi connectivity index (χ3v) is 12.6. The van der Waals surface area contributed by atoms with E-state index in [2.05, 4.69) is 196 Å². The summed E-state index contributed by atoms with van der Waals surface area (Å²) in [5, 5.41) is 12.5. The molecule has 0 fully saturated rings. The lowest BCUT2D eigenvalue weighted by molar-refractivity contribution is 0.622. The molecule has 0 spiro atoms. The molecule has 1 heteroatoms. The second-order valence-electron chi connectivity index (χ2n) is 16.0. The maximum absolute atomic E-state index is 6.83. The summed E-state index contributed by atoms with van der Waals surface area (Å²) in [4.78, 5) is 0. The van der Waals surface area contributed by atoms with Crippen molar-refractivity contribution in [3.05, 3.63) is 193 Å². The predicted molar refractivity (Wildman–Crippen MR) is 238 cm³/mol. The molecule has 0 unspecified atom stereocenters. The number of rotatable bonds is 3. The number of hydrogen-bond acceptors (Lipinski definition) is 1. The van der Waals surface area contributed by atoms with E-state index in [-0.39, 0.29) is 5.41 Å². The monoisotopic (exact) mass is 712 g/mol. The van der Waals surface area contributed by atoms with Crippen LogP contribution >= 0.6 is 0 Å². The lowest BCUT2D eigenvalue weighted by atomic mass is 9.79. The minimum Gasteiger partial charge on any atom is -0.456 e. The van der Waals surface area contributed by atoms with E-state index in [1.165, 1.54) is 104 Å². The summed E-state index contributed by atoms with van der Waals surface area (Å²) >= 11 is 0. The standard InChI is InChI=1S/C55H36O/c1-55(2)52-39-19-6-4-14-34(39)25-27-45(52)46-28-29-47-48-32-36(26-30-49(48)56-54(47)53(46)55)35-16-11-17-37(31-35)50-41-20-7-9-22-43(41)51(44-23-10-8-21-42(44)50)40-24-12-15-33-13-3-5-18-38(33)40/h3-32H,1-2H3. The predicted octanol–water partition coefficient (Wildman–Crippen LogP) is 15.5. The SMILES string of the molecule is CC1(C)c2c(ccc3ccccc23)-c2ccc3c(oc4ccc(-c5cccc(-c6c7ccccc7c(-c7cccc8ccccc78)c7ccccc67)c5)cc43)c21. The van der Waals surface area contributed by atoms with Crippen LogP contribution in [0.15, 0.2) is 186 Å². The van der Waals surface area contributed by atoms with Crippen molar-refractivity contribution in [2.24, 2.45) is 0 Å². The Hall–Kier alpha value is -6.96. The van der Waals surface area contributed by atoms with Crippen LogP contribution in [-0.2, 0) is 5.41 Å². The van der Waals surface area contributed by atoms with Crippen LogP contribution in [0.25, 0.3) is 110 Å². The Morgan fingerprint density at radius 3 is 1.64 bits per heavy atom. The molecule has 0 saturated carbocycles. The first-order valence-electron chi connectivity index (χ1n) is 19.6. The van der Waals surface area contributed by atoms with Gasteiger partial charge in [-0.2, -0.15) is 0 Å². The molecule has 0 amide bonds. The molecule has 0 N–H and O–H groups in total. The highest BCUT2D eigenvalue weighted by Gasteiger charge is 2.39. The molecule has 1 heterocycles. The maximum atomic E-state index is 6.83. The first kappa shape index (κ1) is 31.4. The van der Waals surface area contributed by atoms with Crippen molar-refractivity contribution in [3.63, 3.8) is 0 Å². The molecule has 12 rings (SSSR count). The topological polar surface area (TPSA) is 13.1 Å². The van der Waals surface area contributed by atoms with Gasteiger partial charge in [0, 0.05) is 21.8 Å². The van der Waals surface area contributed by atoms with Crippen LogP contribution in [0, 0.1) is 0 Å². The van der Waals surface area contributed by atoms with E-state index in [4.69, 9.17) is 4.42 Å². The first-order chi connectivity index (χ1) is 27.5. The first-order valence-corrected chi connectivity index (χ1v) is 19.6. The fraction of sp³-hybridized carbons (Fsp3) is 0.0545. The molecule has 11 aromatic rings. The van der Waals surface area contributed by atoms with E-state index < -0.39 is 0 Å². The third kappa shape index (κ3) is 4.31. The molecule has 1 aliphatic carbocycles. The zero-order chi connectivity index (χ0) is 37.1. The second-order valence-corrected chi connectivity index (χ2v) is 16.0. The normalized spacial score (nSPS) is 13.3. The fourth-order valence-corrected chi connectivity index (χ4v) is 10.2. The van der Waals surface area contributed by atoms with E-state index in [0.717, 1.165) is 16.6 Å². The van der Waals surface area contributed by atoms with Gasteiger partial charge in [-0.25, -0.2) is 0 Å². The van der Waals surface area contributed by atoms with Crippen molar-refractivity contribution >= 4 is 65.0 Å². The van der Waals surface area contributed by atoms with E-state index in [9.17, 15) is 0 Å². The summed E-state index contributed by atoms with van der Waals surface area (Å²) in [5.74, 6) is 0. The molecule has 56 heavy (non-hydrogen) atoms. The molecule has 0 radical (unpaired) electrons. The van der Waals surface area contributed by atoms with E-state index in [1.807, 2.05) is 0 Å². The molecule has 0 saturated heterocycles. The van der Waals surface area contributed by atoms with Crippen LogP contribution in [-0.4, -0.2) is 0 Å². The van der Waals surface area contributed by atoms with Crippen molar-refractivity contribution in [1.82, 2.24) is 0 Å². The van der Waals surface area contributed by atoms with E-state index >= 15 is 0 Å². The van der Waals surface area contributed by atoms with Gasteiger partial charge < -0.3 is 4.42 Å². The van der Waals surface area contributed by atoms with Gasteiger partial charge in [0.2, 0.25) is 0 Å².